The smallest absolute Gasteiger partial charge is 0.123 e. The van der Waals surface area contributed by atoms with Crippen molar-refractivity contribution >= 4 is 33.0 Å². The van der Waals surface area contributed by atoms with E-state index >= 15 is 0 Å². The fraction of sp³-hybridized carbons (Fsp3) is 0.286. The Morgan fingerprint density at radius 1 is 0.800 bits per heavy atom. The predicted molar refractivity (Wildman–Crippen MR) is 119 cm³/mol. The molecule has 2 aromatic carbocycles. The van der Waals surface area contributed by atoms with Gasteiger partial charge in [0.1, 0.15) is 8.07 Å². The van der Waals surface area contributed by atoms with Crippen molar-refractivity contribution < 1.29 is 0 Å². The maximum atomic E-state index is 5.16. The molecule has 4 heteroatoms. The molecule has 0 saturated carbocycles. The summed E-state index contributed by atoms with van der Waals surface area (Å²) in [4.78, 5) is 5.16. The van der Waals surface area contributed by atoms with Gasteiger partial charge in [0.2, 0.25) is 0 Å². The standard InChI is InChI=1S/C21H30N2Si2/c1-24(2,3)17-20(18-13-9-7-10-14-18)23-21(25(4,5)6)22-19-15-11-8-12-16-19/h7-17H,1-6H3,(H,22,23)/b20-17+. The fourth-order valence-corrected chi connectivity index (χ4v) is 4.39. The molecule has 0 aliphatic carbocycles. The normalized spacial score (nSPS) is 13.7. The maximum Gasteiger partial charge on any atom is 0.123 e. The Kier molecular flexibility index (Phi) is 6.19. The van der Waals surface area contributed by atoms with Gasteiger partial charge in [0, 0.05) is 5.69 Å². The highest BCUT2D eigenvalue weighted by Crippen LogP contribution is 2.22. The minimum Gasteiger partial charge on any atom is -0.348 e. The molecule has 0 aromatic heterocycles. The van der Waals surface area contributed by atoms with Crippen LogP contribution in [0.2, 0.25) is 39.3 Å². The van der Waals surface area contributed by atoms with Crippen LogP contribution in [0.5, 0.6) is 0 Å². The van der Waals surface area contributed by atoms with Crippen LogP contribution in [0.1, 0.15) is 5.56 Å². The number of para-hydroxylation sites is 1. The molecule has 0 aliphatic heterocycles. The van der Waals surface area contributed by atoms with Crippen LogP contribution in [0, 0.1) is 0 Å². The first-order valence-electron chi connectivity index (χ1n) is 8.85. The average molecular weight is 367 g/mol. The van der Waals surface area contributed by atoms with Crippen molar-refractivity contribution in [3.8, 4) is 0 Å². The molecule has 2 nitrogen and oxygen atoms in total. The molecule has 0 saturated heterocycles. The molecule has 0 atom stereocenters. The first-order valence-corrected chi connectivity index (χ1v) is 15.9. The van der Waals surface area contributed by atoms with Crippen LogP contribution in [-0.4, -0.2) is 21.6 Å². The van der Waals surface area contributed by atoms with Gasteiger partial charge in [0.25, 0.3) is 0 Å². The summed E-state index contributed by atoms with van der Waals surface area (Å²) >= 11 is 0. The van der Waals surface area contributed by atoms with Gasteiger partial charge in [0.05, 0.1) is 19.2 Å². The Hall–Kier alpha value is -1.92. The van der Waals surface area contributed by atoms with Crippen LogP contribution in [0.4, 0.5) is 5.69 Å². The number of anilines is 1. The highest BCUT2D eigenvalue weighted by Gasteiger charge is 2.23. The second-order valence-corrected chi connectivity index (χ2v) is 18.5. The van der Waals surface area contributed by atoms with Gasteiger partial charge in [0.15, 0.2) is 0 Å². The molecule has 0 heterocycles. The second-order valence-electron chi connectivity index (χ2n) is 8.46. The summed E-state index contributed by atoms with van der Waals surface area (Å²) in [6, 6.07) is 20.9. The van der Waals surface area contributed by atoms with Crippen molar-refractivity contribution in [2.45, 2.75) is 39.3 Å². The summed E-state index contributed by atoms with van der Waals surface area (Å²) in [5, 5.41) is 3.59. The minimum absolute atomic E-state index is 1.10. The van der Waals surface area contributed by atoms with Crippen molar-refractivity contribution in [1.29, 1.82) is 0 Å². The molecule has 0 unspecified atom stereocenters. The van der Waals surface area contributed by atoms with Gasteiger partial charge in [-0.3, -0.25) is 0 Å². The molecule has 132 valence electrons. The molecular formula is C21H30N2Si2. The van der Waals surface area contributed by atoms with E-state index in [4.69, 9.17) is 4.99 Å². The zero-order valence-electron chi connectivity index (χ0n) is 16.3. The third-order valence-corrected chi connectivity index (χ3v) is 6.42. The third-order valence-electron chi connectivity index (χ3n) is 3.62. The fourth-order valence-electron chi connectivity index (χ4n) is 2.36. The number of rotatable bonds is 5. The third kappa shape index (κ3) is 6.48. The number of nitrogens with one attached hydrogen (secondary N) is 1. The Balaban J connectivity index is 2.50. The van der Waals surface area contributed by atoms with E-state index in [1.54, 1.807) is 0 Å². The summed E-state index contributed by atoms with van der Waals surface area (Å²) in [6.45, 7) is 14.1. The predicted octanol–water partition coefficient (Wildman–Crippen LogP) is 6.29. The number of benzene rings is 2. The highest BCUT2D eigenvalue weighted by atomic mass is 28.3. The number of hydrogen-bond acceptors (Lipinski definition) is 1. The summed E-state index contributed by atoms with van der Waals surface area (Å²) < 4.78 is 0. The zero-order chi connectivity index (χ0) is 18.5. The summed E-state index contributed by atoms with van der Waals surface area (Å²) in [5.74, 6) is 0. The molecule has 0 radical (unpaired) electrons. The van der Waals surface area contributed by atoms with E-state index in [9.17, 15) is 0 Å². The van der Waals surface area contributed by atoms with Crippen LogP contribution in [0.15, 0.2) is 71.4 Å². The van der Waals surface area contributed by atoms with E-state index in [0.29, 0.717) is 0 Å². The summed E-state index contributed by atoms with van der Waals surface area (Å²) in [6.07, 6.45) is 0. The van der Waals surface area contributed by atoms with E-state index in [1.807, 2.05) is 6.07 Å². The van der Waals surface area contributed by atoms with Crippen molar-refractivity contribution in [3.05, 3.63) is 71.9 Å². The van der Waals surface area contributed by atoms with E-state index < -0.39 is 16.1 Å². The number of aliphatic imine (C=N–C) groups is 1. The molecule has 0 amide bonds. The van der Waals surface area contributed by atoms with Gasteiger partial charge in [-0.25, -0.2) is 4.99 Å². The molecule has 1 N–H and O–H groups in total. The van der Waals surface area contributed by atoms with E-state index in [1.165, 1.54) is 5.56 Å². The van der Waals surface area contributed by atoms with Crippen molar-refractivity contribution in [2.24, 2.45) is 4.99 Å². The quantitative estimate of drug-likeness (QED) is 0.375. The lowest BCUT2D eigenvalue weighted by molar-refractivity contribution is 1.48. The lowest BCUT2D eigenvalue weighted by atomic mass is 10.2. The molecule has 0 spiro atoms. The van der Waals surface area contributed by atoms with Gasteiger partial charge in [-0.1, -0.05) is 93.5 Å². The second kappa shape index (κ2) is 7.98. The van der Waals surface area contributed by atoms with E-state index in [0.717, 1.165) is 16.8 Å². The monoisotopic (exact) mass is 366 g/mol. The summed E-state index contributed by atoms with van der Waals surface area (Å²) in [7, 11) is -3.03. The Morgan fingerprint density at radius 3 is 1.80 bits per heavy atom. The van der Waals surface area contributed by atoms with Crippen molar-refractivity contribution in [2.75, 3.05) is 5.32 Å². The summed E-state index contributed by atoms with van der Waals surface area (Å²) in [5.41, 5.74) is 6.90. The lowest BCUT2D eigenvalue weighted by Gasteiger charge is -2.23. The number of amidine groups is 1. The largest absolute Gasteiger partial charge is 0.348 e. The molecule has 0 aliphatic rings. The van der Waals surface area contributed by atoms with E-state index in [2.05, 4.69) is 105 Å². The van der Waals surface area contributed by atoms with Crippen LogP contribution in [-0.2, 0) is 0 Å². The van der Waals surface area contributed by atoms with Gasteiger partial charge < -0.3 is 5.32 Å². The molecular weight excluding hydrogens is 336 g/mol. The molecule has 0 bridgehead atoms. The highest BCUT2D eigenvalue weighted by molar-refractivity contribution is 7.05. The van der Waals surface area contributed by atoms with Gasteiger partial charge >= 0.3 is 0 Å². The number of hydrogen-bond donors (Lipinski definition) is 1. The molecule has 25 heavy (non-hydrogen) atoms. The Morgan fingerprint density at radius 2 is 1.32 bits per heavy atom. The Bertz CT molecular complexity index is 737. The van der Waals surface area contributed by atoms with Crippen molar-refractivity contribution in [1.82, 2.24) is 0 Å². The van der Waals surface area contributed by atoms with Gasteiger partial charge in [-0.2, -0.15) is 0 Å². The van der Waals surface area contributed by atoms with Crippen LogP contribution < -0.4 is 5.32 Å². The first-order chi connectivity index (χ1) is 11.6. The lowest BCUT2D eigenvalue weighted by Crippen LogP contribution is -2.39. The Labute approximate surface area is 154 Å². The van der Waals surface area contributed by atoms with Crippen LogP contribution >= 0.6 is 0 Å². The van der Waals surface area contributed by atoms with Crippen LogP contribution in [0.25, 0.3) is 5.70 Å². The van der Waals surface area contributed by atoms with Gasteiger partial charge in [-0.15, -0.1) is 0 Å². The SMILES string of the molecule is C[Si](C)(C)/C=C(/N=C(Nc1ccccc1)[Si](C)(C)C)c1ccccc1. The first kappa shape index (κ1) is 19.4. The van der Waals surface area contributed by atoms with Crippen LogP contribution in [0.3, 0.4) is 0 Å². The zero-order valence-corrected chi connectivity index (χ0v) is 18.3. The van der Waals surface area contributed by atoms with Crippen molar-refractivity contribution in [3.63, 3.8) is 0 Å². The molecule has 2 rings (SSSR count). The minimum atomic E-state index is -1.63. The molecule has 0 fully saturated rings. The maximum absolute atomic E-state index is 5.16. The number of nitrogens with zero attached hydrogens (tertiary/aromatic N) is 1. The topological polar surface area (TPSA) is 24.4 Å². The average Bonchev–Trinajstić information content (AvgIpc) is 2.53. The van der Waals surface area contributed by atoms with E-state index in [-0.39, 0.29) is 0 Å². The molecule has 2 aromatic rings. The van der Waals surface area contributed by atoms with Gasteiger partial charge in [-0.05, 0) is 17.7 Å².